The molecule has 3 aromatic rings. The van der Waals surface area contributed by atoms with E-state index >= 15 is 0 Å². The average Bonchev–Trinajstić information content (AvgIpc) is 3.29. The van der Waals surface area contributed by atoms with Gasteiger partial charge >= 0.3 is 15.9 Å². The summed E-state index contributed by atoms with van der Waals surface area (Å²) in [6, 6.07) is 3.58. The van der Waals surface area contributed by atoms with Crippen LogP contribution in [0.15, 0.2) is 30.9 Å². The Morgan fingerprint density at radius 1 is 1.24 bits per heavy atom. The molecule has 16 heteroatoms. The van der Waals surface area contributed by atoms with Crippen molar-refractivity contribution in [1.29, 1.82) is 0 Å². The van der Waals surface area contributed by atoms with Crippen molar-refractivity contribution in [2.75, 3.05) is 18.0 Å². The number of carbonyl (C=O) groups excluding carboxylic acids is 1. The van der Waals surface area contributed by atoms with Crippen molar-refractivity contribution in [2.24, 2.45) is 0 Å². The van der Waals surface area contributed by atoms with E-state index in [2.05, 4.69) is 19.7 Å². The number of anilines is 2. The van der Waals surface area contributed by atoms with Gasteiger partial charge < -0.3 is 31.5 Å². The predicted octanol–water partition coefficient (Wildman–Crippen LogP) is -3.00. The number of phenolic OH excluding ortho intramolecular Hbond substituents is 1. The Labute approximate surface area is 186 Å². The van der Waals surface area contributed by atoms with Gasteiger partial charge in [-0.2, -0.15) is 18.1 Å². The van der Waals surface area contributed by atoms with Crippen LogP contribution in [-0.2, 0) is 14.9 Å². The number of fused-ring (bicyclic) bond motifs is 1. The van der Waals surface area contributed by atoms with Gasteiger partial charge in [0.15, 0.2) is 18.5 Å². The number of aliphatic hydroxyl groups is 2. The molecule has 0 saturated carbocycles. The maximum absolute atomic E-state index is 12.3. The minimum Gasteiger partial charge on any atom is -0.507 e. The van der Waals surface area contributed by atoms with Crippen molar-refractivity contribution in [3.63, 3.8) is 0 Å². The standard InChI is InChI=1S/C17H20N8O7S/c18-7-1-2-8(9(26)3-7)16(29)24-33(30,31)23-4-10-12(27)13(28)17(32-10)25-6-22-11-14(19)20-5-21-15(11)25/h1-3,5-6,10,12-13,17,23,27-28H,4H2,(H6,18,19,20,21,24,26,29)/p+1/t10-,12-,13-,17-/m1/s1. The van der Waals surface area contributed by atoms with Crippen LogP contribution in [0.3, 0.4) is 0 Å². The molecule has 0 aliphatic carbocycles. The Kier molecular flexibility index (Phi) is 5.76. The van der Waals surface area contributed by atoms with Crippen LogP contribution in [0.4, 0.5) is 11.5 Å². The van der Waals surface area contributed by atoms with E-state index in [1.54, 1.807) is 4.72 Å². The number of aromatic hydroxyl groups is 1. The van der Waals surface area contributed by atoms with Crippen LogP contribution in [-0.4, -0.2) is 69.5 Å². The van der Waals surface area contributed by atoms with Gasteiger partial charge in [-0.1, -0.05) is 4.98 Å². The molecule has 15 nitrogen and oxygen atoms in total. The molecule has 4 atom stereocenters. The lowest BCUT2D eigenvalue weighted by molar-refractivity contribution is -0.745. The number of rotatable bonds is 6. The fourth-order valence-electron chi connectivity index (χ4n) is 3.39. The number of ether oxygens (including phenoxy) is 1. The molecular formula is C17H21N8O7S+. The second-order valence-corrected chi connectivity index (χ2v) is 8.74. The lowest BCUT2D eigenvalue weighted by Gasteiger charge is -2.15. The Bertz CT molecular complexity index is 1310. The zero-order chi connectivity index (χ0) is 23.9. The number of carbonyl (C=O) groups is 1. The van der Waals surface area contributed by atoms with E-state index in [-0.39, 0.29) is 17.1 Å². The van der Waals surface area contributed by atoms with Crippen molar-refractivity contribution in [1.82, 2.24) is 24.4 Å². The number of hydrogen-bond donors (Lipinski definition) is 8. The summed E-state index contributed by atoms with van der Waals surface area (Å²) in [5.74, 6) is -1.43. The summed E-state index contributed by atoms with van der Waals surface area (Å²) in [4.78, 5) is 22.9. The molecule has 4 rings (SSSR count). The lowest BCUT2D eigenvalue weighted by Crippen LogP contribution is -2.46. The molecule has 176 valence electrons. The number of nitrogens with two attached hydrogens (primary N) is 2. The molecule has 2 aromatic heterocycles. The first-order chi connectivity index (χ1) is 15.6. The molecule has 1 aliphatic rings. The summed E-state index contributed by atoms with van der Waals surface area (Å²) in [7, 11) is -4.41. The third-order valence-electron chi connectivity index (χ3n) is 5.03. The van der Waals surface area contributed by atoms with Crippen LogP contribution >= 0.6 is 0 Å². The highest BCUT2D eigenvalue weighted by atomic mass is 32.2. The highest BCUT2D eigenvalue weighted by Gasteiger charge is 2.46. The zero-order valence-electron chi connectivity index (χ0n) is 16.8. The Hall–Kier alpha value is -3.57. The quantitative estimate of drug-likeness (QED) is 0.130. The van der Waals surface area contributed by atoms with E-state index in [0.29, 0.717) is 11.2 Å². The molecule has 10 N–H and O–H groups in total. The number of aromatic amines is 1. The number of aromatic nitrogens is 4. The van der Waals surface area contributed by atoms with Crippen LogP contribution in [0.25, 0.3) is 11.2 Å². The highest BCUT2D eigenvalue weighted by molar-refractivity contribution is 7.88. The minimum absolute atomic E-state index is 0.166. The van der Waals surface area contributed by atoms with Gasteiger partial charge in [0.1, 0.15) is 24.1 Å². The van der Waals surface area contributed by atoms with Gasteiger partial charge in [0.2, 0.25) is 11.7 Å². The molecule has 1 aromatic carbocycles. The number of nitrogens with zero attached hydrogens (tertiary/aromatic N) is 3. The number of aliphatic hydroxyl groups excluding tert-OH is 2. The van der Waals surface area contributed by atoms with Gasteiger partial charge in [-0.25, -0.2) is 9.29 Å². The second kappa shape index (κ2) is 8.41. The zero-order valence-corrected chi connectivity index (χ0v) is 17.6. The molecule has 3 heterocycles. The van der Waals surface area contributed by atoms with Crippen molar-refractivity contribution in [3.8, 4) is 5.75 Å². The SMILES string of the molecule is Nc1ccc(C(=O)NS(=O)(=O)NC[C@H]2O[C@@H]([n+]3c[nH]c4c(N)ncnc43)[C@H](O)[C@@H]2O)c(O)c1. The first-order valence-electron chi connectivity index (χ1n) is 9.48. The molecule has 1 saturated heterocycles. The van der Waals surface area contributed by atoms with Crippen LogP contribution in [0, 0.1) is 0 Å². The first-order valence-corrected chi connectivity index (χ1v) is 11.0. The maximum atomic E-state index is 12.3. The predicted molar refractivity (Wildman–Crippen MR) is 111 cm³/mol. The number of nitrogen functional groups attached to an aromatic ring is 2. The van der Waals surface area contributed by atoms with E-state index in [9.17, 15) is 28.5 Å². The number of amides is 1. The number of H-pyrrole nitrogens is 1. The van der Waals surface area contributed by atoms with Crippen LogP contribution in [0.1, 0.15) is 16.6 Å². The summed E-state index contributed by atoms with van der Waals surface area (Å²) in [5.41, 5.74) is 11.8. The molecule has 0 bridgehead atoms. The largest absolute Gasteiger partial charge is 0.507 e. The van der Waals surface area contributed by atoms with Crippen LogP contribution in [0.2, 0.25) is 0 Å². The van der Waals surface area contributed by atoms with Gasteiger partial charge in [0, 0.05) is 18.3 Å². The van der Waals surface area contributed by atoms with E-state index in [1.807, 2.05) is 0 Å². The van der Waals surface area contributed by atoms with Crippen LogP contribution in [0.5, 0.6) is 5.75 Å². The van der Waals surface area contributed by atoms with Crippen molar-refractivity contribution >= 4 is 38.8 Å². The topological polar surface area (TPSA) is 243 Å². The third kappa shape index (κ3) is 4.37. The summed E-state index contributed by atoms with van der Waals surface area (Å²) in [6.45, 7) is -0.481. The number of hydrogen-bond acceptors (Lipinski definition) is 11. The smallest absolute Gasteiger partial charge is 0.309 e. The first kappa shape index (κ1) is 22.6. The molecular weight excluding hydrogens is 460 g/mol. The molecule has 33 heavy (non-hydrogen) atoms. The van der Waals surface area contributed by atoms with Gasteiger partial charge in [-0.15, -0.1) is 0 Å². The Morgan fingerprint density at radius 3 is 2.73 bits per heavy atom. The summed E-state index contributed by atoms with van der Waals surface area (Å²) >= 11 is 0. The number of imidazole rings is 1. The van der Waals surface area contributed by atoms with E-state index < -0.39 is 53.0 Å². The van der Waals surface area contributed by atoms with Crippen LogP contribution < -0.4 is 25.5 Å². The van der Waals surface area contributed by atoms with Gasteiger partial charge in [0.05, 0.1) is 5.56 Å². The normalized spacial score (nSPS) is 23.1. The van der Waals surface area contributed by atoms with Crippen molar-refractivity contribution in [2.45, 2.75) is 24.5 Å². The van der Waals surface area contributed by atoms with E-state index in [0.717, 1.165) is 12.1 Å². The van der Waals surface area contributed by atoms with Crippen molar-refractivity contribution in [3.05, 3.63) is 36.4 Å². The average molecular weight is 481 g/mol. The molecule has 0 unspecified atom stereocenters. The fourth-order valence-corrected chi connectivity index (χ4v) is 4.20. The Morgan fingerprint density at radius 2 is 2.00 bits per heavy atom. The van der Waals surface area contributed by atoms with Gasteiger partial charge in [0.25, 0.3) is 5.91 Å². The molecule has 1 amide bonds. The van der Waals surface area contributed by atoms with Gasteiger partial charge in [-0.3, -0.25) is 9.78 Å². The second-order valence-electron chi connectivity index (χ2n) is 7.24. The monoisotopic (exact) mass is 481 g/mol. The minimum atomic E-state index is -4.41. The van der Waals surface area contributed by atoms with Crippen molar-refractivity contribution < 1.29 is 37.8 Å². The third-order valence-corrected chi connectivity index (χ3v) is 6.03. The molecule has 0 spiro atoms. The van der Waals surface area contributed by atoms with E-state index in [4.69, 9.17) is 16.2 Å². The number of phenols is 1. The summed E-state index contributed by atoms with van der Waals surface area (Å²) in [5, 5.41) is 30.6. The summed E-state index contributed by atoms with van der Waals surface area (Å²) in [6.07, 6.45) is -2.54. The molecule has 1 aliphatic heterocycles. The molecule has 0 radical (unpaired) electrons. The summed E-state index contributed by atoms with van der Waals surface area (Å²) < 4.78 is 35.4. The van der Waals surface area contributed by atoms with E-state index in [1.165, 1.54) is 23.3 Å². The maximum Gasteiger partial charge on any atom is 0.309 e. The van der Waals surface area contributed by atoms with Gasteiger partial charge in [-0.05, 0) is 12.1 Å². The number of nitrogens with one attached hydrogen (secondary N) is 3. The highest BCUT2D eigenvalue weighted by Crippen LogP contribution is 2.27. The lowest BCUT2D eigenvalue weighted by atomic mass is 10.1. The molecule has 1 fully saturated rings. The number of benzene rings is 1. The fraction of sp³-hybridized carbons (Fsp3) is 0.294. The Balaban J connectivity index is 1.43.